The van der Waals surface area contributed by atoms with Gasteiger partial charge >= 0.3 is 0 Å². The van der Waals surface area contributed by atoms with Crippen molar-refractivity contribution in [3.63, 3.8) is 0 Å². The minimum Gasteiger partial charge on any atom is -0.328 e. The lowest BCUT2D eigenvalue weighted by atomic mass is 9.85. The number of carbonyl (C=O) groups is 2. The Hall–Kier alpha value is -2.19. The average Bonchev–Trinajstić information content (AvgIpc) is 3.05. The third-order valence-electron chi connectivity index (χ3n) is 4.72. The fraction of sp³-hybridized carbons (Fsp3) is 0.333. The lowest BCUT2D eigenvalue weighted by molar-refractivity contribution is -0.156. The van der Waals surface area contributed by atoms with Gasteiger partial charge in [-0.1, -0.05) is 24.3 Å². The van der Waals surface area contributed by atoms with Crippen LogP contribution >= 0.6 is 11.3 Å². The highest BCUT2D eigenvalue weighted by atomic mass is 32.2. The predicted molar refractivity (Wildman–Crippen MR) is 99.3 cm³/mol. The second-order valence-electron chi connectivity index (χ2n) is 6.53. The Morgan fingerprint density at radius 3 is 2.54 bits per heavy atom. The van der Waals surface area contributed by atoms with E-state index in [1.165, 1.54) is 22.3 Å². The summed E-state index contributed by atoms with van der Waals surface area (Å²) in [6.07, 6.45) is 0.642. The number of thiophene rings is 1. The van der Waals surface area contributed by atoms with Crippen LogP contribution in [0, 0.1) is 6.92 Å². The zero-order chi connectivity index (χ0) is 18.9. The maximum absolute atomic E-state index is 12.7. The van der Waals surface area contributed by atoms with Gasteiger partial charge in [0.25, 0.3) is 15.9 Å². The maximum Gasteiger partial charge on any atom is 0.264 e. The molecule has 6 nitrogen and oxygen atoms in total. The van der Waals surface area contributed by atoms with Gasteiger partial charge in [-0.25, -0.2) is 13.1 Å². The number of carbonyl (C=O) groups excluding carboxylic acids is 2. The van der Waals surface area contributed by atoms with Crippen LogP contribution in [0.3, 0.4) is 0 Å². The highest BCUT2D eigenvalue weighted by Crippen LogP contribution is 2.32. The molecule has 0 radical (unpaired) electrons. The van der Waals surface area contributed by atoms with E-state index in [0.717, 1.165) is 4.88 Å². The second-order valence-corrected chi connectivity index (χ2v) is 9.21. The van der Waals surface area contributed by atoms with Crippen LogP contribution in [0.15, 0.2) is 46.7 Å². The third kappa shape index (κ3) is 3.39. The highest BCUT2D eigenvalue weighted by Gasteiger charge is 2.50. The number of likely N-dealkylation sites (tertiary alicyclic amines) is 1. The maximum atomic E-state index is 12.7. The van der Waals surface area contributed by atoms with Gasteiger partial charge in [0.15, 0.2) is 0 Å². The molecule has 2 heterocycles. The minimum atomic E-state index is -3.98. The summed E-state index contributed by atoms with van der Waals surface area (Å²) in [5.74, 6) is -0.851. The second kappa shape index (κ2) is 6.85. The van der Waals surface area contributed by atoms with Crippen molar-refractivity contribution in [1.82, 2.24) is 9.62 Å². The zero-order valence-electron chi connectivity index (χ0n) is 14.6. The van der Waals surface area contributed by atoms with Gasteiger partial charge in [-0.2, -0.15) is 0 Å². The molecule has 1 aliphatic heterocycles. The minimum absolute atomic E-state index is 0.0627. The molecule has 2 aromatic rings. The van der Waals surface area contributed by atoms with E-state index in [0.29, 0.717) is 18.5 Å². The molecule has 0 bridgehead atoms. The molecule has 1 N–H and O–H groups in total. The number of rotatable bonds is 5. The number of sulfonamides is 1. The molecule has 26 heavy (non-hydrogen) atoms. The van der Waals surface area contributed by atoms with E-state index in [-0.39, 0.29) is 17.2 Å². The molecule has 3 rings (SSSR count). The Bertz CT molecular complexity index is 938. The van der Waals surface area contributed by atoms with Crippen LogP contribution < -0.4 is 4.72 Å². The summed E-state index contributed by atoms with van der Waals surface area (Å²) in [6.45, 7) is 3.71. The van der Waals surface area contributed by atoms with Crippen molar-refractivity contribution in [2.45, 2.75) is 37.1 Å². The summed E-state index contributed by atoms with van der Waals surface area (Å²) in [7, 11) is -3.98. The fourth-order valence-electron chi connectivity index (χ4n) is 3.00. The largest absolute Gasteiger partial charge is 0.328 e. The molecule has 1 unspecified atom stereocenters. The van der Waals surface area contributed by atoms with E-state index in [1.807, 2.05) is 17.5 Å². The van der Waals surface area contributed by atoms with Crippen molar-refractivity contribution >= 4 is 33.2 Å². The molecular weight excluding hydrogens is 372 g/mol. The fourth-order valence-corrected chi connectivity index (χ4v) is 5.02. The number of nitrogens with one attached hydrogen (secondary N) is 1. The molecule has 0 spiro atoms. The van der Waals surface area contributed by atoms with Crippen LogP contribution in [-0.2, 0) is 26.0 Å². The lowest BCUT2D eigenvalue weighted by Crippen LogP contribution is -2.68. The van der Waals surface area contributed by atoms with Crippen molar-refractivity contribution in [1.29, 1.82) is 0 Å². The van der Waals surface area contributed by atoms with Gasteiger partial charge in [-0.15, -0.1) is 11.3 Å². The SMILES string of the molecule is Cc1ccccc1S(=O)(=O)NC(=O)C1(C)CCN1C(=O)Cc1cccs1. The first-order valence-electron chi connectivity index (χ1n) is 8.20. The van der Waals surface area contributed by atoms with Crippen molar-refractivity contribution in [3.8, 4) is 0 Å². The number of nitrogens with zero attached hydrogens (tertiary/aromatic N) is 1. The van der Waals surface area contributed by atoms with Crippen LogP contribution in [0.2, 0.25) is 0 Å². The molecule has 1 aromatic heterocycles. The van der Waals surface area contributed by atoms with Gasteiger partial charge in [0.05, 0.1) is 11.3 Å². The Balaban J connectivity index is 1.74. The summed E-state index contributed by atoms with van der Waals surface area (Å²) >= 11 is 1.48. The molecule has 1 saturated heterocycles. The van der Waals surface area contributed by atoms with E-state index in [9.17, 15) is 18.0 Å². The molecule has 0 saturated carbocycles. The van der Waals surface area contributed by atoms with Crippen LogP contribution in [0.4, 0.5) is 0 Å². The Morgan fingerprint density at radius 2 is 1.96 bits per heavy atom. The molecule has 8 heteroatoms. The average molecular weight is 393 g/mol. The van der Waals surface area contributed by atoms with Gasteiger partial charge in [-0.05, 0) is 43.3 Å². The van der Waals surface area contributed by atoms with Crippen LogP contribution in [0.25, 0.3) is 0 Å². The van der Waals surface area contributed by atoms with Gasteiger partial charge in [0, 0.05) is 11.4 Å². The number of benzene rings is 1. The Labute approximate surface area is 156 Å². The lowest BCUT2D eigenvalue weighted by Gasteiger charge is -2.48. The summed E-state index contributed by atoms with van der Waals surface area (Å²) in [6, 6.07) is 10.2. The normalized spacial score (nSPS) is 19.7. The smallest absolute Gasteiger partial charge is 0.264 e. The summed E-state index contributed by atoms with van der Waals surface area (Å²) < 4.78 is 27.2. The highest BCUT2D eigenvalue weighted by molar-refractivity contribution is 7.90. The Morgan fingerprint density at radius 1 is 1.23 bits per heavy atom. The standard InChI is InChI=1S/C18H20N2O4S2/c1-13-6-3-4-8-15(13)26(23,24)19-17(22)18(2)9-10-20(18)16(21)12-14-7-5-11-25-14/h3-8,11H,9-10,12H2,1-2H3,(H,19,22). The topological polar surface area (TPSA) is 83.6 Å². The quantitative estimate of drug-likeness (QED) is 0.845. The van der Waals surface area contributed by atoms with Gasteiger partial charge in [0.1, 0.15) is 5.54 Å². The van der Waals surface area contributed by atoms with Crippen molar-refractivity contribution in [2.24, 2.45) is 0 Å². The molecule has 1 aromatic carbocycles. The first-order valence-corrected chi connectivity index (χ1v) is 10.6. The summed E-state index contributed by atoms with van der Waals surface area (Å²) in [4.78, 5) is 27.6. The Kier molecular flexibility index (Phi) is 4.90. The summed E-state index contributed by atoms with van der Waals surface area (Å²) in [5, 5.41) is 1.89. The van der Waals surface area contributed by atoms with Crippen LogP contribution in [0.5, 0.6) is 0 Å². The van der Waals surface area contributed by atoms with Gasteiger partial charge in [-0.3, -0.25) is 9.59 Å². The first kappa shape index (κ1) is 18.6. The van der Waals surface area contributed by atoms with Crippen LogP contribution in [0.1, 0.15) is 23.8 Å². The summed E-state index contributed by atoms with van der Waals surface area (Å²) in [5.41, 5.74) is -0.596. The predicted octanol–water partition coefficient (Wildman–Crippen LogP) is 2.10. The molecule has 1 atom stereocenters. The van der Waals surface area contributed by atoms with Gasteiger partial charge < -0.3 is 4.90 Å². The van der Waals surface area contributed by atoms with E-state index in [1.54, 1.807) is 32.0 Å². The zero-order valence-corrected chi connectivity index (χ0v) is 16.2. The number of hydrogen-bond donors (Lipinski definition) is 1. The number of hydrogen-bond acceptors (Lipinski definition) is 5. The molecule has 0 aliphatic carbocycles. The number of amides is 2. The molecule has 138 valence electrons. The van der Waals surface area contributed by atoms with Crippen molar-refractivity contribution in [2.75, 3.05) is 6.54 Å². The van der Waals surface area contributed by atoms with E-state index < -0.39 is 21.5 Å². The van der Waals surface area contributed by atoms with Gasteiger partial charge in [0.2, 0.25) is 5.91 Å². The first-order chi connectivity index (χ1) is 12.2. The third-order valence-corrected chi connectivity index (χ3v) is 7.09. The molecular formula is C18H20N2O4S2. The molecule has 2 amide bonds. The monoisotopic (exact) mass is 392 g/mol. The van der Waals surface area contributed by atoms with E-state index in [2.05, 4.69) is 4.72 Å². The van der Waals surface area contributed by atoms with Crippen molar-refractivity contribution in [3.05, 3.63) is 52.2 Å². The van der Waals surface area contributed by atoms with E-state index in [4.69, 9.17) is 0 Å². The van der Waals surface area contributed by atoms with Crippen LogP contribution in [-0.4, -0.2) is 37.2 Å². The van der Waals surface area contributed by atoms with E-state index >= 15 is 0 Å². The number of aryl methyl sites for hydroxylation is 1. The van der Waals surface area contributed by atoms with Crippen molar-refractivity contribution < 1.29 is 18.0 Å². The molecule has 1 aliphatic rings. The molecule has 1 fully saturated rings.